The first-order chi connectivity index (χ1) is 11.2. The van der Waals surface area contributed by atoms with Crippen LogP contribution in [-0.2, 0) is 11.2 Å². The Bertz CT molecular complexity index is 679. The molecule has 24 heavy (non-hydrogen) atoms. The van der Waals surface area contributed by atoms with Crippen molar-refractivity contribution in [2.75, 3.05) is 19.8 Å². The van der Waals surface area contributed by atoms with E-state index in [1.54, 1.807) is 0 Å². The molecule has 1 aliphatic rings. The fourth-order valence-electron chi connectivity index (χ4n) is 2.50. The highest BCUT2D eigenvalue weighted by atomic mass is 35.5. The SMILES string of the molecule is Cl.NC(C(=O)NCCc1ccc2c(c1)OCCO2)c1ccccc1. The highest BCUT2D eigenvalue weighted by Crippen LogP contribution is 2.30. The first-order valence-electron chi connectivity index (χ1n) is 7.71. The zero-order valence-corrected chi connectivity index (χ0v) is 14.1. The van der Waals surface area contributed by atoms with E-state index in [1.165, 1.54) is 0 Å². The number of ether oxygens (including phenoxy) is 2. The minimum atomic E-state index is -0.642. The molecule has 0 bridgehead atoms. The molecule has 3 rings (SSSR count). The van der Waals surface area contributed by atoms with Gasteiger partial charge in [-0.3, -0.25) is 4.79 Å². The van der Waals surface area contributed by atoms with Crippen LogP contribution in [0.25, 0.3) is 0 Å². The molecular formula is C18H21ClN2O3. The lowest BCUT2D eigenvalue weighted by Gasteiger charge is -2.19. The van der Waals surface area contributed by atoms with E-state index >= 15 is 0 Å². The van der Waals surface area contributed by atoms with Crippen LogP contribution in [0.3, 0.4) is 0 Å². The molecule has 3 N–H and O–H groups in total. The number of carbonyl (C=O) groups excluding carboxylic acids is 1. The van der Waals surface area contributed by atoms with Gasteiger partial charge >= 0.3 is 0 Å². The minimum absolute atomic E-state index is 0. The van der Waals surface area contributed by atoms with Crippen molar-refractivity contribution in [3.05, 3.63) is 59.7 Å². The second kappa shape index (κ2) is 8.57. The maximum atomic E-state index is 12.1. The Labute approximate surface area is 147 Å². The summed E-state index contributed by atoms with van der Waals surface area (Å²) in [5, 5.41) is 2.87. The summed E-state index contributed by atoms with van der Waals surface area (Å²) < 4.78 is 11.0. The molecule has 1 aliphatic heterocycles. The third-order valence-electron chi connectivity index (χ3n) is 3.76. The molecule has 128 valence electrons. The standard InChI is InChI=1S/C18H20N2O3.ClH/c19-17(14-4-2-1-3-5-14)18(21)20-9-8-13-6-7-15-16(12-13)23-11-10-22-15;/h1-7,12,17H,8-11,19H2,(H,20,21);1H. The van der Waals surface area contributed by atoms with Crippen LogP contribution in [-0.4, -0.2) is 25.7 Å². The Morgan fingerprint density at radius 2 is 1.79 bits per heavy atom. The lowest BCUT2D eigenvalue weighted by atomic mass is 10.1. The van der Waals surface area contributed by atoms with E-state index in [0.717, 1.165) is 22.6 Å². The zero-order chi connectivity index (χ0) is 16.1. The Morgan fingerprint density at radius 3 is 2.54 bits per heavy atom. The van der Waals surface area contributed by atoms with Crippen LogP contribution >= 0.6 is 12.4 Å². The van der Waals surface area contributed by atoms with Crippen molar-refractivity contribution in [2.45, 2.75) is 12.5 Å². The number of halogens is 1. The van der Waals surface area contributed by atoms with Crippen LogP contribution in [0.15, 0.2) is 48.5 Å². The van der Waals surface area contributed by atoms with E-state index in [9.17, 15) is 4.79 Å². The van der Waals surface area contributed by atoms with Crippen LogP contribution in [0, 0.1) is 0 Å². The molecule has 0 aromatic heterocycles. The number of nitrogens with one attached hydrogen (secondary N) is 1. The van der Waals surface area contributed by atoms with Crippen molar-refractivity contribution in [3.63, 3.8) is 0 Å². The summed E-state index contributed by atoms with van der Waals surface area (Å²) in [6, 6.07) is 14.5. The van der Waals surface area contributed by atoms with Gasteiger partial charge in [-0.15, -0.1) is 12.4 Å². The van der Waals surface area contributed by atoms with Crippen molar-refractivity contribution in [3.8, 4) is 11.5 Å². The molecule has 0 saturated heterocycles. The van der Waals surface area contributed by atoms with Crippen LogP contribution in [0.4, 0.5) is 0 Å². The Hall–Kier alpha value is -2.24. The highest BCUT2D eigenvalue weighted by Gasteiger charge is 2.15. The molecule has 2 aromatic rings. The van der Waals surface area contributed by atoms with Crippen molar-refractivity contribution in [1.29, 1.82) is 0 Å². The molecule has 0 radical (unpaired) electrons. The van der Waals surface area contributed by atoms with E-state index in [0.29, 0.717) is 26.2 Å². The van der Waals surface area contributed by atoms with Gasteiger partial charge < -0.3 is 20.5 Å². The van der Waals surface area contributed by atoms with E-state index in [1.807, 2.05) is 48.5 Å². The van der Waals surface area contributed by atoms with E-state index in [4.69, 9.17) is 15.2 Å². The normalized spacial score (nSPS) is 13.5. The number of fused-ring (bicyclic) bond motifs is 1. The van der Waals surface area contributed by atoms with Crippen LogP contribution < -0.4 is 20.5 Å². The fourth-order valence-corrected chi connectivity index (χ4v) is 2.50. The third-order valence-corrected chi connectivity index (χ3v) is 3.76. The molecule has 1 amide bonds. The van der Waals surface area contributed by atoms with Crippen molar-refractivity contribution in [1.82, 2.24) is 5.32 Å². The predicted molar refractivity (Wildman–Crippen MR) is 94.8 cm³/mol. The molecule has 1 unspecified atom stereocenters. The molecule has 0 aliphatic carbocycles. The first kappa shape index (κ1) is 18.1. The van der Waals surface area contributed by atoms with Gasteiger partial charge in [0.2, 0.25) is 5.91 Å². The van der Waals surface area contributed by atoms with Gasteiger partial charge in [0.15, 0.2) is 11.5 Å². The molecule has 0 saturated carbocycles. The molecule has 0 spiro atoms. The first-order valence-corrected chi connectivity index (χ1v) is 7.71. The zero-order valence-electron chi connectivity index (χ0n) is 13.2. The molecule has 1 heterocycles. The summed E-state index contributed by atoms with van der Waals surface area (Å²) in [7, 11) is 0. The molecule has 5 nitrogen and oxygen atoms in total. The van der Waals surface area contributed by atoms with E-state index in [2.05, 4.69) is 5.32 Å². The highest BCUT2D eigenvalue weighted by molar-refractivity contribution is 5.85. The largest absolute Gasteiger partial charge is 0.486 e. The van der Waals surface area contributed by atoms with Crippen LogP contribution in [0.1, 0.15) is 17.2 Å². The van der Waals surface area contributed by atoms with Gasteiger partial charge in [0.05, 0.1) is 0 Å². The van der Waals surface area contributed by atoms with Crippen molar-refractivity contribution in [2.24, 2.45) is 5.73 Å². The molecule has 0 fully saturated rings. The summed E-state index contributed by atoms with van der Waals surface area (Å²) in [6.07, 6.45) is 0.712. The number of nitrogens with two attached hydrogens (primary N) is 1. The summed E-state index contributed by atoms with van der Waals surface area (Å²) in [6.45, 7) is 1.68. The number of hydrogen-bond donors (Lipinski definition) is 2. The fraction of sp³-hybridized carbons (Fsp3) is 0.278. The molecule has 2 aromatic carbocycles. The van der Waals surface area contributed by atoms with Crippen LogP contribution in [0.2, 0.25) is 0 Å². The molecule has 6 heteroatoms. The quantitative estimate of drug-likeness (QED) is 0.869. The Kier molecular flexibility index (Phi) is 6.46. The van der Waals surface area contributed by atoms with Crippen molar-refractivity contribution < 1.29 is 14.3 Å². The second-order valence-corrected chi connectivity index (χ2v) is 5.41. The number of hydrogen-bond acceptors (Lipinski definition) is 4. The lowest BCUT2D eigenvalue weighted by Crippen LogP contribution is -2.35. The molecule has 1 atom stereocenters. The van der Waals surface area contributed by atoms with Crippen LogP contribution in [0.5, 0.6) is 11.5 Å². The van der Waals surface area contributed by atoms with Gasteiger partial charge in [0, 0.05) is 6.54 Å². The van der Waals surface area contributed by atoms with Gasteiger partial charge in [0.1, 0.15) is 19.3 Å². The summed E-state index contributed by atoms with van der Waals surface area (Å²) in [5.74, 6) is 1.37. The minimum Gasteiger partial charge on any atom is -0.486 e. The average Bonchev–Trinajstić information content (AvgIpc) is 2.61. The smallest absolute Gasteiger partial charge is 0.241 e. The van der Waals surface area contributed by atoms with Gasteiger partial charge in [-0.2, -0.15) is 0 Å². The predicted octanol–water partition coefficient (Wildman–Crippen LogP) is 2.24. The lowest BCUT2D eigenvalue weighted by molar-refractivity contribution is -0.122. The summed E-state index contributed by atoms with van der Waals surface area (Å²) in [5.41, 5.74) is 7.86. The summed E-state index contributed by atoms with van der Waals surface area (Å²) >= 11 is 0. The van der Waals surface area contributed by atoms with E-state index in [-0.39, 0.29) is 18.3 Å². The third kappa shape index (κ3) is 4.40. The Balaban J connectivity index is 0.00000208. The summed E-state index contributed by atoms with van der Waals surface area (Å²) in [4.78, 5) is 12.1. The Morgan fingerprint density at radius 1 is 1.08 bits per heavy atom. The maximum absolute atomic E-state index is 12.1. The molecular weight excluding hydrogens is 328 g/mol. The number of carbonyl (C=O) groups is 1. The van der Waals surface area contributed by atoms with E-state index < -0.39 is 6.04 Å². The monoisotopic (exact) mass is 348 g/mol. The van der Waals surface area contributed by atoms with Gasteiger partial charge in [-0.1, -0.05) is 36.4 Å². The second-order valence-electron chi connectivity index (χ2n) is 5.41. The van der Waals surface area contributed by atoms with Gasteiger partial charge in [0.25, 0.3) is 0 Å². The average molecular weight is 349 g/mol. The maximum Gasteiger partial charge on any atom is 0.241 e. The number of rotatable bonds is 5. The van der Waals surface area contributed by atoms with Gasteiger partial charge in [-0.25, -0.2) is 0 Å². The van der Waals surface area contributed by atoms with Gasteiger partial charge in [-0.05, 0) is 29.7 Å². The topological polar surface area (TPSA) is 73.6 Å². The van der Waals surface area contributed by atoms with Crippen molar-refractivity contribution >= 4 is 18.3 Å². The number of amides is 1. The number of benzene rings is 2.